The van der Waals surface area contributed by atoms with Gasteiger partial charge in [0.2, 0.25) is 0 Å². The zero-order valence-electron chi connectivity index (χ0n) is 6.32. The van der Waals surface area contributed by atoms with E-state index in [2.05, 4.69) is 4.98 Å². The van der Waals surface area contributed by atoms with Gasteiger partial charge in [0.25, 0.3) is 0 Å². The maximum Gasteiger partial charge on any atom is 0.0641 e. The topological polar surface area (TPSA) is 30.0 Å². The van der Waals surface area contributed by atoms with Crippen LogP contribution in [0.4, 0.5) is 0 Å². The first-order valence-electron chi connectivity index (χ1n) is 3.63. The number of aromatic nitrogens is 1. The molecule has 0 bridgehead atoms. The minimum Gasteiger partial charge on any atom is -0.376 e. The fourth-order valence-corrected chi connectivity index (χ4v) is 1.13. The molecule has 1 heterocycles. The zero-order valence-corrected chi connectivity index (χ0v) is 6.32. The molecule has 58 valence electrons. The van der Waals surface area contributed by atoms with Gasteiger partial charge in [0, 0.05) is 5.52 Å². The van der Waals surface area contributed by atoms with Crippen molar-refractivity contribution in [2.45, 2.75) is 0 Å². The highest BCUT2D eigenvalue weighted by atomic mass is 16.1. The molecule has 1 aromatic heterocycles. The van der Waals surface area contributed by atoms with Gasteiger partial charge in [-0.05, 0) is 6.07 Å². The van der Waals surface area contributed by atoms with Crippen molar-refractivity contribution in [1.82, 2.24) is 4.98 Å². The molecule has 0 amide bonds. The summed E-state index contributed by atoms with van der Waals surface area (Å²) < 4.78 is 0. The van der Waals surface area contributed by atoms with Gasteiger partial charge in [0.15, 0.2) is 0 Å². The van der Waals surface area contributed by atoms with E-state index in [0.717, 1.165) is 10.9 Å². The molecule has 2 rings (SSSR count). The van der Waals surface area contributed by atoms with Crippen LogP contribution in [-0.2, 0) is 4.79 Å². The number of pyridine rings is 1. The van der Waals surface area contributed by atoms with Crippen molar-refractivity contribution in [2.75, 3.05) is 0 Å². The normalized spacial score (nSPS) is 10.0. The van der Waals surface area contributed by atoms with Crippen molar-refractivity contribution in [3.63, 3.8) is 0 Å². The highest BCUT2D eigenvalue weighted by molar-refractivity contribution is 5.85. The highest BCUT2D eigenvalue weighted by Gasteiger charge is 1.87. The van der Waals surface area contributed by atoms with Gasteiger partial charge in [-0.25, -0.2) is 0 Å². The van der Waals surface area contributed by atoms with Gasteiger partial charge in [0.1, 0.15) is 0 Å². The Kier molecular flexibility index (Phi) is 1.59. The van der Waals surface area contributed by atoms with Crippen LogP contribution >= 0.6 is 0 Å². The Morgan fingerprint density at radius 1 is 1.25 bits per heavy atom. The molecule has 0 radical (unpaired) electrons. The molecule has 2 aromatic rings. The molecular formula is C10H6NO-. The van der Waals surface area contributed by atoms with E-state index in [9.17, 15) is 4.79 Å². The Bertz CT molecular complexity index is 423. The average Bonchev–Trinajstić information content (AvgIpc) is 2.17. The molecule has 1 aromatic carbocycles. The van der Waals surface area contributed by atoms with Crippen molar-refractivity contribution in [3.05, 3.63) is 42.1 Å². The van der Waals surface area contributed by atoms with Gasteiger partial charge in [-0.1, -0.05) is 29.8 Å². The Labute approximate surface area is 69.9 Å². The van der Waals surface area contributed by atoms with Crippen molar-refractivity contribution in [2.24, 2.45) is 0 Å². The molecule has 0 aliphatic rings. The van der Waals surface area contributed by atoms with Crippen molar-refractivity contribution in [3.8, 4) is 0 Å². The number of fused-ring (bicyclic) bond motifs is 1. The van der Waals surface area contributed by atoms with E-state index < -0.39 is 0 Å². The number of carbonyl (C=O) groups excluding carboxylic acids is 1. The molecule has 0 saturated carbocycles. The first-order chi connectivity index (χ1) is 5.90. The Morgan fingerprint density at radius 2 is 2.08 bits per heavy atom. The predicted octanol–water partition coefficient (Wildman–Crippen LogP) is 1.69. The SMILES string of the molecule is O=[C-]c1cnc2ccccc2c1. The van der Waals surface area contributed by atoms with Crippen molar-refractivity contribution in [1.29, 1.82) is 0 Å². The fourth-order valence-electron chi connectivity index (χ4n) is 1.13. The Balaban J connectivity index is 2.75. The van der Waals surface area contributed by atoms with Crippen LogP contribution in [0.25, 0.3) is 10.9 Å². The largest absolute Gasteiger partial charge is 0.376 e. The molecule has 0 saturated heterocycles. The molecule has 0 aliphatic carbocycles. The van der Waals surface area contributed by atoms with Crippen molar-refractivity contribution < 1.29 is 4.79 Å². The van der Waals surface area contributed by atoms with Crippen LogP contribution in [0.15, 0.2) is 36.5 Å². The van der Waals surface area contributed by atoms with E-state index in [4.69, 9.17) is 0 Å². The van der Waals surface area contributed by atoms with Crippen LogP contribution in [0.5, 0.6) is 0 Å². The predicted molar refractivity (Wildman–Crippen MR) is 46.5 cm³/mol. The summed E-state index contributed by atoms with van der Waals surface area (Å²) in [4.78, 5) is 14.4. The smallest absolute Gasteiger partial charge is 0.0641 e. The molecule has 0 unspecified atom stereocenters. The monoisotopic (exact) mass is 156 g/mol. The Hall–Kier alpha value is -1.70. The molecule has 2 nitrogen and oxygen atoms in total. The third-order valence-corrected chi connectivity index (χ3v) is 1.71. The number of hydrogen-bond donors (Lipinski definition) is 0. The second kappa shape index (κ2) is 2.74. The van der Waals surface area contributed by atoms with Gasteiger partial charge in [-0.15, -0.1) is 11.6 Å². The molecule has 0 fully saturated rings. The van der Waals surface area contributed by atoms with Crippen LogP contribution in [0.3, 0.4) is 0 Å². The summed E-state index contributed by atoms with van der Waals surface area (Å²) in [6.45, 7) is 0. The van der Waals surface area contributed by atoms with Gasteiger partial charge in [-0.2, -0.15) is 0 Å². The van der Waals surface area contributed by atoms with Crippen LogP contribution in [0, 0.1) is 0 Å². The summed E-state index contributed by atoms with van der Waals surface area (Å²) in [5.41, 5.74) is 1.39. The Morgan fingerprint density at radius 3 is 2.92 bits per heavy atom. The maximum atomic E-state index is 10.3. The highest BCUT2D eigenvalue weighted by Crippen LogP contribution is 2.10. The third kappa shape index (κ3) is 1.07. The number of benzene rings is 1. The van der Waals surface area contributed by atoms with Gasteiger partial charge in [-0.3, -0.25) is 0 Å². The van der Waals surface area contributed by atoms with Crippen LogP contribution < -0.4 is 0 Å². The molecule has 12 heavy (non-hydrogen) atoms. The summed E-state index contributed by atoms with van der Waals surface area (Å²) in [6.07, 6.45) is 3.33. The zero-order chi connectivity index (χ0) is 8.39. The summed E-state index contributed by atoms with van der Waals surface area (Å²) >= 11 is 0. The lowest BCUT2D eigenvalue weighted by Crippen LogP contribution is -1.83. The van der Waals surface area contributed by atoms with E-state index in [1.54, 1.807) is 12.4 Å². The second-order valence-corrected chi connectivity index (χ2v) is 2.52. The first kappa shape index (κ1) is 6.98. The van der Waals surface area contributed by atoms with Crippen molar-refractivity contribution >= 4 is 17.2 Å². The standard InChI is InChI=1S/C10H6NO/c12-7-8-5-9-3-1-2-4-10(9)11-6-8/h1-6H/q-1. The van der Waals surface area contributed by atoms with Gasteiger partial charge in [0.05, 0.1) is 6.29 Å². The van der Waals surface area contributed by atoms with E-state index >= 15 is 0 Å². The second-order valence-electron chi connectivity index (χ2n) is 2.52. The van der Waals surface area contributed by atoms with E-state index in [-0.39, 0.29) is 0 Å². The first-order valence-corrected chi connectivity index (χ1v) is 3.63. The molecule has 0 spiro atoms. The summed E-state index contributed by atoms with van der Waals surface area (Å²) in [6, 6.07) is 9.43. The van der Waals surface area contributed by atoms with E-state index in [1.807, 2.05) is 24.3 Å². The van der Waals surface area contributed by atoms with Gasteiger partial charge < -0.3 is 9.78 Å². The molecule has 0 aliphatic heterocycles. The molecular weight excluding hydrogens is 150 g/mol. The lowest BCUT2D eigenvalue weighted by molar-refractivity contribution is 0.562. The number of nitrogens with zero attached hydrogens (tertiary/aromatic N) is 1. The molecule has 0 N–H and O–H groups in total. The van der Waals surface area contributed by atoms with Gasteiger partial charge >= 0.3 is 0 Å². The quantitative estimate of drug-likeness (QED) is 0.588. The lowest BCUT2D eigenvalue weighted by atomic mass is 10.2. The minimum absolute atomic E-state index is 0.494. The molecule has 2 heteroatoms. The van der Waals surface area contributed by atoms with E-state index in [0.29, 0.717) is 5.56 Å². The number of hydrogen-bond acceptors (Lipinski definition) is 2. The number of para-hydroxylation sites is 1. The molecule has 0 atom stereocenters. The third-order valence-electron chi connectivity index (χ3n) is 1.71. The summed E-state index contributed by atoms with van der Waals surface area (Å²) in [7, 11) is 0. The summed E-state index contributed by atoms with van der Waals surface area (Å²) in [5.74, 6) is 0. The lowest BCUT2D eigenvalue weighted by Gasteiger charge is -2.02. The van der Waals surface area contributed by atoms with Crippen LogP contribution in [0.2, 0.25) is 0 Å². The van der Waals surface area contributed by atoms with Crippen LogP contribution in [-0.4, -0.2) is 11.3 Å². The average molecular weight is 156 g/mol. The maximum absolute atomic E-state index is 10.3. The fraction of sp³-hybridized carbons (Fsp3) is 0. The summed E-state index contributed by atoms with van der Waals surface area (Å²) in [5, 5.41) is 0.971. The minimum atomic E-state index is 0.494. The number of rotatable bonds is 1. The van der Waals surface area contributed by atoms with E-state index in [1.165, 1.54) is 6.20 Å². The van der Waals surface area contributed by atoms with Crippen LogP contribution in [0.1, 0.15) is 5.56 Å².